The number of ether oxygens (including phenoxy) is 2. The summed E-state index contributed by atoms with van der Waals surface area (Å²) in [6.45, 7) is 0.797. The zero-order chi connectivity index (χ0) is 22.9. The van der Waals surface area contributed by atoms with Crippen molar-refractivity contribution in [3.8, 4) is 11.5 Å². The Kier molecular flexibility index (Phi) is 6.22. The van der Waals surface area contributed by atoms with Crippen molar-refractivity contribution in [2.75, 3.05) is 32.6 Å². The summed E-state index contributed by atoms with van der Waals surface area (Å²) in [6.07, 6.45) is 1.69. The molecule has 0 aliphatic carbocycles. The first-order chi connectivity index (χ1) is 15.3. The number of thiazole rings is 1. The van der Waals surface area contributed by atoms with E-state index >= 15 is 0 Å². The maximum Gasteiger partial charge on any atom is 0.308 e. The molecule has 0 unspecified atom stereocenters. The molecule has 1 saturated heterocycles. The van der Waals surface area contributed by atoms with Gasteiger partial charge in [0.1, 0.15) is 18.0 Å². The molecule has 0 spiro atoms. The average Bonchev–Trinajstić information content (AvgIpc) is 3.43. The van der Waals surface area contributed by atoms with E-state index in [1.807, 2.05) is 0 Å². The third-order valence-electron chi connectivity index (χ3n) is 5.33. The minimum absolute atomic E-state index is 0.160. The van der Waals surface area contributed by atoms with E-state index in [0.717, 1.165) is 24.2 Å². The van der Waals surface area contributed by atoms with Gasteiger partial charge in [-0.15, -0.1) is 0 Å². The largest absolute Gasteiger partial charge is 0.497 e. The molecule has 3 aromatic rings. The molecule has 0 atom stereocenters. The molecule has 1 aliphatic heterocycles. The van der Waals surface area contributed by atoms with Gasteiger partial charge in [0.15, 0.2) is 0 Å². The fourth-order valence-electron chi connectivity index (χ4n) is 3.67. The van der Waals surface area contributed by atoms with Crippen LogP contribution < -0.4 is 19.7 Å². The van der Waals surface area contributed by atoms with Gasteiger partial charge in [0.2, 0.25) is 15.9 Å². The maximum atomic E-state index is 12.8. The Morgan fingerprint density at radius 3 is 2.53 bits per heavy atom. The number of hydrogen-bond acceptors (Lipinski definition) is 7. The van der Waals surface area contributed by atoms with Crippen LogP contribution in [0.2, 0.25) is 0 Å². The SMILES string of the molecule is COc1ccc(NC(=O)Cn2c(=O)sc3cc(S(=O)(=O)N4CCCC4)ccc32)c(OC)c1. The number of hydrogen-bond donors (Lipinski definition) is 1. The smallest absolute Gasteiger partial charge is 0.308 e. The van der Waals surface area contributed by atoms with Gasteiger partial charge in [-0.3, -0.25) is 14.2 Å². The second-order valence-electron chi connectivity index (χ2n) is 7.31. The van der Waals surface area contributed by atoms with Crippen molar-refractivity contribution >= 4 is 43.2 Å². The predicted octanol–water partition coefficient (Wildman–Crippen LogP) is 2.50. The number of rotatable bonds is 7. The van der Waals surface area contributed by atoms with E-state index in [1.54, 1.807) is 24.3 Å². The first-order valence-electron chi connectivity index (χ1n) is 9.99. The number of anilines is 1. The first kappa shape index (κ1) is 22.3. The van der Waals surface area contributed by atoms with E-state index in [-0.39, 0.29) is 16.3 Å². The van der Waals surface area contributed by atoms with Gasteiger partial charge in [-0.05, 0) is 43.2 Å². The van der Waals surface area contributed by atoms with Gasteiger partial charge in [-0.1, -0.05) is 11.3 Å². The Morgan fingerprint density at radius 2 is 1.84 bits per heavy atom. The van der Waals surface area contributed by atoms with Crippen molar-refractivity contribution in [1.29, 1.82) is 0 Å². The normalized spacial score (nSPS) is 14.6. The molecule has 0 radical (unpaired) electrons. The zero-order valence-corrected chi connectivity index (χ0v) is 19.3. The molecule has 32 heavy (non-hydrogen) atoms. The number of nitrogens with zero attached hydrogens (tertiary/aromatic N) is 2. The molecular weight excluding hydrogens is 454 g/mol. The molecule has 9 nitrogen and oxygen atoms in total. The fraction of sp³-hybridized carbons (Fsp3) is 0.333. The van der Waals surface area contributed by atoms with Crippen LogP contribution in [0.4, 0.5) is 5.69 Å². The third-order valence-corrected chi connectivity index (χ3v) is 8.16. The number of carbonyl (C=O) groups is 1. The number of fused-ring (bicyclic) bond motifs is 1. The summed E-state index contributed by atoms with van der Waals surface area (Å²) in [4.78, 5) is 25.0. The highest BCUT2D eigenvalue weighted by Crippen LogP contribution is 2.29. The van der Waals surface area contributed by atoms with E-state index in [1.165, 1.54) is 35.2 Å². The van der Waals surface area contributed by atoms with Crippen LogP contribution in [0.3, 0.4) is 0 Å². The lowest BCUT2D eigenvalue weighted by Gasteiger charge is -2.15. The Morgan fingerprint density at radius 1 is 1.09 bits per heavy atom. The summed E-state index contributed by atoms with van der Waals surface area (Å²) in [6, 6.07) is 9.56. The van der Waals surface area contributed by atoms with Crippen LogP contribution in [-0.2, 0) is 21.4 Å². The Labute approximate surface area is 189 Å². The van der Waals surface area contributed by atoms with Crippen LogP contribution in [0.1, 0.15) is 12.8 Å². The number of nitrogens with one attached hydrogen (secondary N) is 1. The summed E-state index contributed by atoms with van der Waals surface area (Å²) < 4.78 is 39.4. The van der Waals surface area contributed by atoms with Crippen molar-refractivity contribution in [2.24, 2.45) is 0 Å². The van der Waals surface area contributed by atoms with Gasteiger partial charge in [0.25, 0.3) is 0 Å². The van der Waals surface area contributed by atoms with E-state index in [0.29, 0.717) is 40.5 Å². The summed E-state index contributed by atoms with van der Waals surface area (Å²) in [5, 5.41) is 2.74. The molecule has 1 amide bonds. The Hall–Kier alpha value is -2.89. The quantitative estimate of drug-likeness (QED) is 0.560. The lowest BCUT2D eigenvalue weighted by atomic mass is 10.2. The lowest BCUT2D eigenvalue weighted by molar-refractivity contribution is -0.116. The van der Waals surface area contributed by atoms with Crippen LogP contribution in [0.15, 0.2) is 46.1 Å². The van der Waals surface area contributed by atoms with Gasteiger partial charge in [-0.25, -0.2) is 8.42 Å². The van der Waals surface area contributed by atoms with E-state index < -0.39 is 15.9 Å². The molecular formula is C21H23N3O6S2. The summed E-state index contributed by atoms with van der Waals surface area (Å²) in [7, 11) is -0.574. The predicted molar refractivity (Wildman–Crippen MR) is 122 cm³/mol. The van der Waals surface area contributed by atoms with Gasteiger partial charge in [-0.2, -0.15) is 4.31 Å². The summed E-state index contributed by atoms with van der Waals surface area (Å²) in [5.41, 5.74) is 0.960. The Balaban J connectivity index is 1.58. The highest BCUT2D eigenvalue weighted by atomic mass is 32.2. The van der Waals surface area contributed by atoms with Crippen LogP contribution in [0.25, 0.3) is 10.2 Å². The molecule has 1 aromatic heterocycles. The summed E-state index contributed by atoms with van der Waals surface area (Å²) in [5.74, 6) is 0.598. The topological polar surface area (TPSA) is 107 Å². The van der Waals surface area contributed by atoms with Crippen molar-refractivity contribution in [1.82, 2.24) is 8.87 Å². The number of aromatic nitrogens is 1. The van der Waals surface area contributed by atoms with Crippen LogP contribution in [0, 0.1) is 0 Å². The summed E-state index contributed by atoms with van der Waals surface area (Å²) >= 11 is 0.916. The Bertz CT molecular complexity index is 1320. The molecule has 2 heterocycles. The number of carbonyl (C=O) groups excluding carboxylic acids is 1. The highest BCUT2D eigenvalue weighted by molar-refractivity contribution is 7.89. The molecule has 1 fully saturated rings. The monoisotopic (exact) mass is 477 g/mol. The molecule has 2 aromatic carbocycles. The molecule has 1 N–H and O–H groups in total. The van der Waals surface area contributed by atoms with Gasteiger partial charge in [0.05, 0.1) is 35.0 Å². The minimum atomic E-state index is -3.59. The molecule has 11 heteroatoms. The van der Waals surface area contributed by atoms with Crippen LogP contribution in [-0.4, -0.2) is 50.5 Å². The van der Waals surface area contributed by atoms with Crippen LogP contribution in [0.5, 0.6) is 11.5 Å². The standard InChI is InChI=1S/C21H23N3O6S2/c1-29-14-5-7-16(18(11-14)30-2)22-20(25)13-24-17-8-6-15(12-19(17)31-21(24)26)32(27,28)23-9-3-4-10-23/h5-8,11-12H,3-4,9-10,13H2,1-2H3,(H,22,25). The van der Waals surface area contributed by atoms with Gasteiger partial charge < -0.3 is 14.8 Å². The van der Waals surface area contributed by atoms with Crippen molar-refractivity contribution < 1.29 is 22.7 Å². The number of benzene rings is 2. The molecule has 0 bridgehead atoms. The van der Waals surface area contributed by atoms with Crippen molar-refractivity contribution in [3.05, 3.63) is 46.1 Å². The third kappa shape index (κ3) is 4.23. The highest BCUT2D eigenvalue weighted by Gasteiger charge is 2.27. The first-order valence-corrected chi connectivity index (χ1v) is 12.2. The van der Waals surface area contributed by atoms with E-state index in [4.69, 9.17) is 9.47 Å². The molecule has 0 saturated carbocycles. The average molecular weight is 478 g/mol. The van der Waals surface area contributed by atoms with Crippen LogP contribution >= 0.6 is 11.3 Å². The van der Waals surface area contributed by atoms with Gasteiger partial charge in [0, 0.05) is 19.2 Å². The second-order valence-corrected chi connectivity index (χ2v) is 10.2. The lowest BCUT2D eigenvalue weighted by Crippen LogP contribution is -2.27. The van der Waals surface area contributed by atoms with Crippen molar-refractivity contribution in [2.45, 2.75) is 24.3 Å². The number of sulfonamides is 1. The number of methoxy groups -OCH3 is 2. The van der Waals surface area contributed by atoms with Gasteiger partial charge >= 0.3 is 4.87 Å². The zero-order valence-electron chi connectivity index (χ0n) is 17.7. The molecule has 1 aliphatic rings. The van der Waals surface area contributed by atoms with E-state index in [9.17, 15) is 18.0 Å². The molecule has 170 valence electrons. The minimum Gasteiger partial charge on any atom is -0.497 e. The number of amides is 1. The van der Waals surface area contributed by atoms with Crippen molar-refractivity contribution in [3.63, 3.8) is 0 Å². The maximum absolute atomic E-state index is 12.8. The van der Waals surface area contributed by atoms with E-state index in [2.05, 4.69) is 5.32 Å². The molecule has 4 rings (SSSR count). The fourth-order valence-corrected chi connectivity index (χ4v) is 6.22. The second kappa shape index (κ2) is 8.93.